The van der Waals surface area contributed by atoms with Gasteiger partial charge < -0.3 is 9.51 Å². The van der Waals surface area contributed by atoms with Gasteiger partial charge in [-0.25, -0.2) is 9.37 Å². The van der Waals surface area contributed by atoms with Gasteiger partial charge >= 0.3 is 0 Å². The van der Waals surface area contributed by atoms with Crippen molar-refractivity contribution in [2.75, 3.05) is 0 Å². The normalized spacial score (nSPS) is 12.4. The predicted molar refractivity (Wildman–Crippen MR) is 96.7 cm³/mol. The summed E-state index contributed by atoms with van der Waals surface area (Å²) in [6.07, 6.45) is 3.45. The first-order valence-corrected chi connectivity index (χ1v) is 8.13. The number of hydrogen-bond donors (Lipinski definition) is 1. The molecule has 0 bridgehead atoms. The van der Waals surface area contributed by atoms with Crippen molar-refractivity contribution in [3.8, 4) is 22.4 Å². The summed E-state index contributed by atoms with van der Waals surface area (Å²) in [5.41, 5.74) is 5.47. The van der Waals surface area contributed by atoms with E-state index >= 15 is 0 Å². The van der Waals surface area contributed by atoms with Crippen LogP contribution in [0.25, 0.3) is 28.0 Å². The molecule has 0 spiro atoms. The Bertz CT molecular complexity index is 1040. The zero-order valence-corrected chi connectivity index (χ0v) is 13.7. The number of aromatic nitrogens is 2. The van der Waals surface area contributed by atoms with Gasteiger partial charge in [0.1, 0.15) is 11.5 Å². The monoisotopic (exact) mass is 332 g/mol. The molecule has 2 aromatic heterocycles. The summed E-state index contributed by atoms with van der Waals surface area (Å²) in [6, 6.07) is 18.2. The molecule has 0 aliphatic carbocycles. The number of imidazole rings is 1. The third kappa shape index (κ3) is 3.04. The summed E-state index contributed by atoms with van der Waals surface area (Å²) in [5.74, 6) is -0.257. The SMILES string of the molecule is CC(O)c1cccc(-c2ccc3nc(-c4ccc(F)cc4)cn3c2)c1. The molecule has 0 fully saturated rings. The molecule has 124 valence electrons. The van der Waals surface area contributed by atoms with Crippen LogP contribution < -0.4 is 0 Å². The van der Waals surface area contributed by atoms with E-state index in [2.05, 4.69) is 4.98 Å². The molecule has 4 rings (SSSR count). The number of aliphatic hydroxyl groups excluding tert-OH is 1. The third-order valence-corrected chi connectivity index (χ3v) is 4.29. The number of fused-ring (bicyclic) bond motifs is 1. The van der Waals surface area contributed by atoms with E-state index in [4.69, 9.17) is 0 Å². The molecule has 0 radical (unpaired) electrons. The van der Waals surface area contributed by atoms with Crippen molar-refractivity contribution in [3.05, 3.63) is 84.4 Å². The van der Waals surface area contributed by atoms with Gasteiger partial charge in [0.2, 0.25) is 0 Å². The van der Waals surface area contributed by atoms with Gasteiger partial charge in [-0.15, -0.1) is 0 Å². The fraction of sp³-hybridized carbons (Fsp3) is 0.0952. The second-order valence-corrected chi connectivity index (χ2v) is 6.12. The Balaban J connectivity index is 1.75. The van der Waals surface area contributed by atoms with Gasteiger partial charge in [-0.3, -0.25) is 0 Å². The average Bonchev–Trinajstić information content (AvgIpc) is 3.05. The van der Waals surface area contributed by atoms with Crippen molar-refractivity contribution >= 4 is 5.65 Å². The second kappa shape index (κ2) is 6.15. The minimum atomic E-state index is -0.498. The van der Waals surface area contributed by atoms with Crippen LogP contribution in [0.2, 0.25) is 0 Å². The van der Waals surface area contributed by atoms with E-state index in [-0.39, 0.29) is 5.82 Å². The van der Waals surface area contributed by atoms with Crippen LogP contribution in [-0.4, -0.2) is 14.5 Å². The molecule has 0 amide bonds. The number of aliphatic hydroxyl groups is 1. The van der Waals surface area contributed by atoms with Crippen LogP contribution in [0.1, 0.15) is 18.6 Å². The molecule has 4 heteroatoms. The smallest absolute Gasteiger partial charge is 0.137 e. The van der Waals surface area contributed by atoms with Gasteiger partial charge in [0.15, 0.2) is 0 Å². The first-order chi connectivity index (χ1) is 12.1. The lowest BCUT2D eigenvalue weighted by molar-refractivity contribution is 0.199. The molecule has 2 aromatic carbocycles. The van der Waals surface area contributed by atoms with Gasteiger partial charge in [0, 0.05) is 18.0 Å². The Morgan fingerprint density at radius 1 is 0.920 bits per heavy atom. The Morgan fingerprint density at radius 3 is 2.44 bits per heavy atom. The Labute approximate surface area is 145 Å². The second-order valence-electron chi connectivity index (χ2n) is 6.12. The lowest BCUT2D eigenvalue weighted by atomic mass is 10.0. The van der Waals surface area contributed by atoms with Crippen LogP contribution in [0.4, 0.5) is 4.39 Å². The summed E-state index contributed by atoms with van der Waals surface area (Å²) in [7, 11) is 0. The predicted octanol–water partition coefficient (Wildman–Crippen LogP) is 4.86. The van der Waals surface area contributed by atoms with E-state index in [0.717, 1.165) is 33.6 Å². The number of pyridine rings is 1. The molecular formula is C21H17FN2O. The molecule has 4 aromatic rings. The zero-order chi connectivity index (χ0) is 17.4. The van der Waals surface area contributed by atoms with Gasteiger partial charge in [-0.2, -0.15) is 0 Å². The number of benzene rings is 2. The van der Waals surface area contributed by atoms with Crippen LogP contribution in [-0.2, 0) is 0 Å². The van der Waals surface area contributed by atoms with Crippen molar-refractivity contribution in [1.29, 1.82) is 0 Å². The van der Waals surface area contributed by atoms with Crippen molar-refractivity contribution in [2.45, 2.75) is 13.0 Å². The molecule has 3 nitrogen and oxygen atoms in total. The van der Waals surface area contributed by atoms with Crippen LogP contribution in [0.5, 0.6) is 0 Å². The molecule has 0 saturated heterocycles. The molecule has 0 aliphatic rings. The standard InChI is InChI=1S/C21H17FN2O/c1-14(25)16-3-2-4-17(11-16)18-7-10-21-23-20(13-24(21)12-18)15-5-8-19(22)9-6-15/h2-14,25H,1H3. The first-order valence-electron chi connectivity index (χ1n) is 8.13. The Kier molecular flexibility index (Phi) is 3.82. The highest BCUT2D eigenvalue weighted by atomic mass is 19.1. The highest BCUT2D eigenvalue weighted by Gasteiger charge is 2.07. The van der Waals surface area contributed by atoms with Crippen LogP contribution >= 0.6 is 0 Å². The quantitative estimate of drug-likeness (QED) is 0.582. The van der Waals surface area contributed by atoms with E-state index in [0.29, 0.717) is 0 Å². The molecule has 2 heterocycles. The highest BCUT2D eigenvalue weighted by molar-refractivity contribution is 5.68. The van der Waals surface area contributed by atoms with Gasteiger partial charge in [-0.1, -0.05) is 18.2 Å². The Morgan fingerprint density at radius 2 is 1.68 bits per heavy atom. The van der Waals surface area contributed by atoms with Gasteiger partial charge in [0.05, 0.1) is 11.8 Å². The summed E-state index contributed by atoms with van der Waals surface area (Å²) < 4.78 is 15.1. The van der Waals surface area contributed by atoms with E-state index < -0.39 is 6.10 Å². The van der Waals surface area contributed by atoms with Crippen molar-refractivity contribution in [1.82, 2.24) is 9.38 Å². The van der Waals surface area contributed by atoms with Gasteiger partial charge in [-0.05, 0) is 66.1 Å². The average molecular weight is 332 g/mol. The van der Waals surface area contributed by atoms with Crippen molar-refractivity contribution in [3.63, 3.8) is 0 Å². The van der Waals surface area contributed by atoms with E-state index in [9.17, 15) is 9.50 Å². The maximum atomic E-state index is 13.1. The lowest BCUT2D eigenvalue weighted by Gasteiger charge is -2.08. The zero-order valence-electron chi connectivity index (χ0n) is 13.7. The van der Waals surface area contributed by atoms with Crippen molar-refractivity contribution < 1.29 is 9.50 Å². The molecule has 0 aliphatic heterocycles. The van der Waals surface area contributed by atoms with Crippen LogP contribution in [0, 0.1) is 5.82 Å². The number of hydrogen-bond acceptors (Lipinski definition) is 2. The molecule has 1 unspecified atom stereocenters. The molecule has 0 saturated carbocycles. The summed E-state index contributed by atoms with van der Waals surface area (Å²) >= 11 is 0. The topological polar surface area (TPSA) is 37.5 Å². The minimum absolute atomic E-state index is 0.257. The number of rotatable bonds is 3. The first kappa shape index (κ1) is 15.5. The van der Waals surface area contributed by atoms with Crippen LogP contribution in [0.15, 0.2) is 73.1 Å². The van der Waals surface area contributed by atoms with Crippen molar-refractivity contribution in [2.24, 2.45) is 0 Å². The molecule has 1 atom stereocenters. The van der Waals surface area contributed by atoms with E-state index in [1.807, 2.05) is 53.2 Å². The largest absolute Gasteiger partial charge is 0.389 e. The lowest BCUT2D eigenvalue weighted by Crippen LogP contribution is -1.91. The highest BCUT2D eigenvalue weighted by Crippen LogP contribution is 2.25. The summed E-state index contributed by atoms with van der Waals surface area (Å²) in [6.45, 7) is 1.76. The summed E-state index contributed by atoms with van der Waals surface area (Å²) in [5, 5.41) is 9.77. The third-order valence-electron chi connectivity index (χ3n) is 4.29. The fourth-order valence-electron chi connectivity index (χ4n) is 2.90. The maximum absolute atomic E-state index is 13.1. The summed E-state index contributed by atoms with van der Waals surface area (Å²) in [4.78, 5) is 4.59. The molecular weight excluding hydrogens is 315 g/mol. The number of nitrogens with zero attached hydrogens (tertiary/aromatic N) is 2. The number of halogens is 1. The van der Waals surface area contributed by atoms with E-state index in [1.165, 1.54) is 12.1 Å². The molecule has 1 N–H and O–H groups in total. The molecule has 25 heavy (non-hydrogen) atoms. The fourth-order valence-corrected chi connectivity index (χ4v) is 2.90. The van der Waals surface area contributed by atoms with Crippen LogP contribution in [0.3, 0.4) is 0 Å². The maximum Gasteiger partial charge on any atom is 0.137 e. The van der Waals surface area contributed by atoms with E-state index in [1.54, 1.807) is 19.1 Å². The Hall–Kier alpha value is -2.98. The minimum Gasteiger partial charge on any atom is -0.389 e. The van der Waals surface area contributed by atoms with Gasteiger partial charge in [0.25, 0.3) is 0 Å².